The van der Waals surface area contributed by atoms with Gasteiger partial charge in [-0.15, -0.1) is 0 Å². The lowest BCUT2D eigenvalue weighted by Gasteiger charge is -2.38. The van der Waals surface area contributed by atoms with Gasteiger partial charge >= 0.3 is 5.97 Å². The fraction of sp³-hybridized carbons (Fsp3) is 0.375. The Morgan fingerprint density at radius 2 is 1.74 bits per heavy atom. The zero-order valence-corrected chi connectivity index (χ0v) is 30.4. The fourth-order valence-electron chi connectivity index (χ4n) is 8.11. The van der Waals surface area contributed by atoms with Crippen molar-refractivity contribution in [3.05, 3.63) is 94.5 Å². The molecule has 2 aromatic carbocycles. The van der Waals surface area contributed by atoms with Crippen molar-refractivity contribution in [2.45, 2.75) is 64.3 Å². The average Bonchev–Trinajstić information content (AvgIpc) is 3.79. The number of rotatable bonds is 9. The maximum absolute atomic E-state index is 13.6. The molecule has 12 nitrogen and oxygen atoms in total. The first-order chi connectivity index (χ1) is 25.7. The van der Waals surface area contributed by atoms with Gasteiger partial charge in [-0.1, -0.05) is 35.9 Å². The van der Waals surface area contributed by atoms with E-state index in [1.54, 1.807) is 12.3 Å². The summed E-state index contributed by atoms with van der Waals surface area (Å²) in [5.41, 5.74) is 7.17. The number of benzene rings is 2. The maximum Gasteiger partial charge on any atom is 0.306 e. The quantitative estimate of drug-likeness (QED) is 0.130. The van der Waals surface area contributed by atoms with Crippen LogP contribution in [-0.4, -0.2) is 83.9 Å². The number of aliphatic hydroxyl groups is 1. The van der Waals surface area contributed by atoms with Gasteiger partial charge in [0.05, 0.1) is 34.5 Å². The third kappa shape index (κ3) is 7.24. The Morgan fingerprint density at radius 1 is 0.943 bits per heavy atom. The number of carbonyl (C=O) groups excluding carboxylic acids is 1. The molecule has 0 saturated carbocycles. The number of likely N-dealkylation sites (tertiary alicyclic amines) is 2. The van der Waals surface area contributed by atoms with E-state index in [0.717, 1.165) is 96.5 Å². The number of nitrogens with one attached hydrogen (secondary N) is 2. The molecule has 3 aromatic heterocycles. The van der Waals surface area contributed by atoms with Gasteiger partial charge in [-0.05, 0) is 99.1 Å². The molecule has 2 fully saturated rings. The summed E-state index contributed by atoms with van der Waals surface area (Å²) < 4.78 is 1.92. The number of carbonyl (C=O) groups is 2. The molecule has 6 heterocycles. The highest BCUT2D eigenvalue weighted by Crippen LogP contribution is 2.39. The van der Waals surface area contributed by atoms with Crippen molar-refractivity contribution in [3.8, 4) is 11.1 Å². The molecule has 0 radical (unpaired) electrons. The van der Waals surface area contributed by atoms with Crippen molar-refractivity contribution in [2.24, 2.45) is 5.92 Å². The lowest BCUT2D eigenvalue weighted by molar-refractivity contribution is -0.143. The number of β-amino-alcohol motifs (C(OH)–C–C–N with tert-alkyl or cyclic N) is 1. The summed E-state index contributed by atoms with van der Waals surface area (Å²) in [6.07, 6.45) is 7.35. The van der Waals surface area contributed by atoms with Gasteiger partial charge in [-0.3, -0.25) is 29.1 Å². The number of aliphatic carboxylic acids is 1. The second-order valence-electron chi connectivity index (χ2n) is 14.5. The molecular formula is C40H43ClN8O4. The number of anilines is 3. The molecule has 13 heteroatoms. The summed E-state index contributed by atoms with van der Waals surface area (Å²) in [6.45, 7) is 6.50. The molecule has 3 aliphatic rings. The van der Waals surface area contributed by atoms with Gasteiger partial charge < -0.3 is 20.8 Å². The number of halogens is 1. The largest absolute Gasteiger partial charge is 0.481 e. The molecule has 0 spiro atoms. The molecule has 1 amide bonds. The van der Waals surface area contributed by atoms with Crippen LogP contribution in [0.1, 0.15) is 65.5 Å². The number of aryl methyl sites for hydroxylation is 1. The third-order valence-corrected chi connectivity index (χ3v) is 11.4. The summed E-state index contributed by atoms with van der Waals surface area (Å²) in [6, 6.07) is 17.6. The van der Waals surface area contributed by atoms with E-state index >= 15 is 0 Å². The van der Waals surface area contributed by atoms with Crippen LogP contribution in [0.15, 0.2) is 67.0 Å². The Morgan fingerprint density at radius 3 is 2.51 bits per heavy atom. The predicted octanol–water partition coefficient (Wildman–Crippen LogP) is 6.65. The van der Waals surface area contributed by atoms with Crippen LogP contribution in [-0.2, 0) is 17.9 Å². The SMILES string of the molecule is Cc1c(Nc2nccc3cc(CN4CC[C@@H](O)C4)cnc23)cccc1-c1cccc(NC(=O)c2cc3n(n2)CCCC3N2CCC(C(=O)O)CC2)c1Cl. The minimum Gasteiger partial charge on any atom is -0.481 e. The molecule has 53 heavy (non-hydrogen) atoms. The minimum absolute atomic E-state index is 0.108. The highest BCUT2D eigenvalue weighted by atomic mass is 35.5. The van der Waals surface area contributed by atoms with Gasteiger partial charge in [-0.2, -0.15) is 5.10 Å². The van der Waals surface area contributed by atoms with Crippen LogP contribution in [0, 0.1) is 12.8 Å². The first kappa shape index (κ1) is 35.2. The number of pyridine rings is 2. The lowest BCUT2D eigenvalue weighted by atomic mass is 9.93. The number of hydrogen-bond acceptors (Lipinski definition) is 9. The van der Waals surface area contributed by atoms with E-state index < -0.39 is 5.97 Å². The maximum atomic E-state index is 13.6. The van der Waals surface area contributed by atoms with Crippen molar-refractivity contribution < 1.29 is 19.8 Å². The molecule has 5 aromatic rings. The summed E-state index contributed by atoms with van der Waals surface area (Å²) in [4.78, 5) is 39.1. The van der Waals surface area contributed by atoms with Crippen LogP contribution >= 0.6 is 11.6 Å². The Kier molecular flexibility index (Phi) is 9.86. The molecule has 0 bridgehead atoms. The summed E-state index contributed by atoms with van der Waals surface area (Å²) in [7, 11) is 0. The number of carboxylic acids is 1. The summed E-state index contributed by atoms with van der Waals surface area (Å²) in [5, 5.41) is 31.9. The molecule has 2 saturated heterocycles. The van der Waals surface area contributed by atoms with Gasteiger partial charge in [0, 0.05) is 55.2 Å². The van der Waals surface area contributed by atoms with E-state index in [1.165, 1.54) is 0 Å². The van der Waals surface area contributed by atoms with Gasteiger partial charge in [-0.25, -0.2) is 4.98 Å². The van der Waals surface area contributed by atoms with E-state index in [9.17, 15) is 19.8 Å². The first-order valence-corrected chi connectivity index (χ1v) is 18.7. The number of fused-ring (bicyclic) bond motifs is 2. The van der Waals surface area contributed by atoms with Gasteiger partial charge in [0.2, 0.25) is 0 Å². The van der Waals surface area contributed by atoms with E-state index in [-0.39, 0.29) is 24.0 Å². The molecule has 1 unspecified atom stereocenters. The second kappa shape index (κ2) is 14.9. The van der Waals surface area contributed by atoms with Crippen molar-refractivity contribution >= 4 is 51.6 Å². The third-order valence-electron chi connectivity index (χ3n) is 11.0. The Balaban J connectivity index is 0.990. The molecule has 8 rings (SSSR count). The van der Waals surface area contributed by atoms with E-state index in [4.69, 9.17) is 16.6 Å². The standard InChI is InChI=1S/C40H43ClN8O4/c1-24-29(5-2-7-31(24)44-38-37-27(10-14-42-38)19-25(21-43-37)22-47-16-13-28(50)23-47)30-6-3-8-32(36(30)41)45-39(51)33-20-35-34(9-4-15-49(35)46-33)48-17-11-26(12-18-48)40(52)53/h2-3,5-8,10,14,19-21,26,28,34,50H,4,9,11-13,15-18,22-23H2,1H3,(H,42,44)(H,45,51)(H,52,53)/t28-,34?/m1/s1. The number of hydrogen-bond donors (Lipinski definition) is 4. The van der Waals surface area contributed by atoms with E-state index in [1.807, 2.05) is 60.3 Å². The topological polar surface area (TPSA) is 149 Å². The number of carboxylic acid groups (broad SMARTS) is 1. The molecule has 2 atom stereocenters. The molecule has 274 valence electrons. The van der Waals surface area contributed by atoms with E-state index in [0.29, 0.717) is 41.6 Å². The normalized spacial score (nSPS) is 19.7. The van der Waals surface area contributed by atoms with Crippen LogP contribution in [0.3, 0.4) is 0 Å². The number of aliphatic hydroxyl groups excluding tert-OH is 1. The Bertz CT molecular complexity index is 2180. The van der Waals surface area contributed by atoms with Gasteiger partial charge in [0.1, 0.15) is 5.52 Å². The fourth-order valence-corrected chi connectivity index (χ4v) is 8.39. The van der Waals surface area contributed by atoms with Gasteiger partial charge in [0.15, 0.2) is 11.5 Å². The van der Waals surface area contributed by atoms with Crippen molar-refractivity contribution in [2.75, 3.05) is 36.8 Å². The predicted molar refractivity (Wildman–Crippen MR) is 204 cm³/mol. The first-order valence-electron chi connectivity index (χ1n) is 18.4. The van der Waals surface area contributed by atoms with Crippen LogP contribution in [0.2, 0.25) is 5.02 Å². The van der Waals surface area contributed by atoms with Crippen LogP contribution in [0.25, 0.3) is 22.0 Å². The lowest BCUT2D eigenvalue weighted by Crippen LogP contribution is -2.40. The Labute approximate surface area is 312 Å². The number of aromatic nitrogens is 4. The highest BCUT2D eigenvalue weighted by Gasteiger charge is 2.33. The second-order valence-corrected chi connectivity index (χ2v) is 14.8. The number of piperidine rings is 1. The number of nitrogens with zero attached hydrogens (tertiary/aromatic N) is 6. The molecule has 3 aliphatic heterocycles. The van der Waals surface area contributed by atoms with Crippen LogP contribution < -0.4 is 10.6 Å². The monoisotopic (exact) mass is 734 g/mol. The molecule has 4 N–H and O–H groups in total. The summed E-state index contributed by atoms with van der Waals surface area (Å²) >= 11 is 7.03. The smallest absolute Gasteiger partial charge is 0.306 e. The van der Waals surface area contributed by atoms with Gasteiger partial charge in [0.25, 0.3) is 5.91 Å². The molecule has 0 aliphatic carbocycles. The van der Waals surface area contributed by atoms with Crippen molar-refractivity contribution in [1.82, 2.24) is 29.5 Å². The Hall–Kier alpha value is -4.88. The zero-order chi connectivity index (χ0) is 36.6. The van der Waals surface area contributed by atoms with Crippen molar-refractivity contribution in [3.63, 3.8) is 0 Å². The van der Waals surface area contributed by atoms with E-state index in [2.05, 4.69) is 36.6 Å². The van der Waals surface area contributed by atoms with Crippen LogP contribution in [0.5, 0.6) is 0 Å². The number of amides is 1. The molecular weight excluding hydrogens is 692 g/mol. The highest BCUT2D eigenvalue weighted by molar-refractivity contribution is 6.36. The van der Waals surface area contributed by atoms with Crippen molar-refractivity contribution in [1.29, 1.82) is 0 Å². The minimum atomic E-state index is -0.721. The zero-order valence-electron chi connectivity index (χ0n) is 29.6. The summed E-state index contributed by atoms with van der Waals surface area (Å²) in [5.74, 6) is -0.704. The van der Waals surface area contributed by atoms with Crippen LogP contribution in [0.4, 0.5) is 17.2 Å². The average molecular weight is 735 g/mol.